The van der Waals surface area contributed by atoms with Crippen molar-refractivity contribution in [2.45, 2.75) is 32.5 Å². The smallest absolute Gasteiger partial charge is 0.104 e. The highest BCUT2D eigenvalue weighted by Crippen LogP contribution is 2.27. The van der Waals surface area contributed by atoms with Gasteiger partial charge in [0.15, 0.2) is 0 Å². The minimum atomic E-state index is -0.276. The Morgan fingerprint density at radius 1 is 1.55 bits per heavy atom. The maximum Gasteiger partial charge on any atom is 0.104 e. The number of thiocarbonyl (C=S) groups is 1. The highest BCUT2D eigenvalue weighted by atomic mass is 32.1. The third kappa shape index (κ3) is 3.29. The summed E-state index contributed by atoms with van der Waals surface area (Å²) in [6.45, 7) is 7.59. The van der Waals surface area contributed by atoms with Crippen molar-refractivity contribution >= 4 is 22.9 Å². The Bertz CT molecular complexity index is 517. The minimum absolute atomic E-state index is 0.0316. The first kappa shape index (κ1) is 15.2. The van der Waals surface area contributed by atoms with E-state index in [9.17, 15) is 5.11 Å². The van der Waals surface area contributed by atoms with Crippen molar-refractivity contribution in [3.8, 4) is 0 Å². The van der Waals surface area contributed by atoms with Crippen LogP contribution in [0.5, 0.6) is 0 Å². The van der Waals surface area contributed by atoms with Gasteiger partial charge in [-0.05, 0) is 44.5 Å². The van der Waals surface area contributed by atoms with Crippen molar-refractivity contribution in [1.29, 1.82) is 0 Å². The van der Waals surface area contributed by atoms with Gasteiger partial charge in [0, 0.05) is 24.3 Å². The molecule has 1 aliphatic rings. The van der Waals surface area contributed by atoms with Crippen LogP contribution in [0.1, 0.15) is 25.0 Å². The van der Waals surface area contributed by atoms with E-state index in [4.69, 9.17) is 22.7 Å². The van der Waals surface area contributed by atoms with Crippen LogP contribution < -0.4 is 10.6 Å². The van der Waals surface area contributed by atoms with Crippen molar-refractivity contribution in [3.63, 3.8) is 0 Å². The van der Waals surface area contributed by atoms with Crippen LogP contribution in [0, 0.1) is 6.92 Å². The summed E-state index contributed by atoms with van der Waals surface area (Å²) in [6, 6.07) is 6.07. The molecule has 110 valence electrons. The molecule has 0 aliphatic carbocycles. The third-order valence-electron chi connectivity index (χ3n) is 3.53. The summed E-state index contributed by atoms with van der Waals surface area (Å²) in [4.78, 5) is 2.66. The van der Waals surface area contributed by atoms with Gasteiger partial charge in [0.25, 0.3) is 0 Å². The van der Waals surface area contributed by atoms with Crippen molar-refractivity contribution in [1.82, 2.24) is 0 Å². The van der Waals surface area contributed by atoms with E-state index in [1.54, 1.807) is 0 Å². The lowest BCUT2D eigenvalue weighted by atomic mass is 10.0. The van der Waals surface area contributed by atoms with Gasteiger partial charge in [0.1, 0.15) is 4.99 Å². The first-order valence-electron chi connectivity index (χ1n) is 6.76. The second kappa shape index (κ2) is 5.68. The van der Waals surface area contributed by atoms with Crippen LogP contribution in [0.4, 0.5) is 5.69 Å². The van der Waals surface area contributed by atoms with Gasteiger partial charge in [0.2, 0.25) is 0 Å². The van der Waals surface area contributed by atoms with E-state index >= 15 is 0 Å². The lowest BCUT2D eigenvalue weighted by molar-refractivity contribution is -0.101. The molecule has 0 spiro atoms. The van der Waals surface area contributed by atoms with E-state index in [1.165, 1.54) is 0 Å². The van der Waals surface area contributed by atoms with Crippen LogP contribution in [0.15, 0.2) is 18.2 Å². The fourth-order valence-corrected chi connectivity index (χ4v) is 2.94. The molecule has 20 heavy (non-hydrogen) atoms. The van der Waals surface area contributed by atoms with Gasteiger partial charge in [-0.25, -0.2) is 0 Å². The Labute approximate surface area is 125 Å². The average molecular weight is 294 g/mol. The number of anilines is 1. The number of aliphatic hydroxyl groups is 1. The highest BCUT2D eigenvalue weighted by Gasteiger charge is 2.33. The number of hydrogen-bond donors (Lipinski definition) is 2. The number of aliphatic hydroxyl groups excluding tert-OH is 1. The second-order valence-electron chi connectivity index (χ2n) is 5.93. The topological polar surface area (TPSA) is 58.7 Å². The highest BCUT2D eigenvalue weighted by molar-refractivity contribution is 7.80. The first-order valence-corrected chi connectivity index (χ1v) is 7.17. The zero-order valence-electron chi connectivity index (χ0n) is 12.2. The van der Waals surface area contributed by atoms with Gasteiger partial charge >= 0.3 is 0 Å². The molecule has 0 amide bonds. The number of morpholine rings is 1. The maximum absolute atomic E-state index is 9.37. The molecular formula is C15H22N2O2S. The van der Waals surface area contributed by atoms with E-state index < -0.39 is 0 Å². The standard InChI is InChI=1S/C15H22N2O2S/c1-10-6-11(4-5-13(10)14(16)20)17-7-12(8-18)19-15(2,3)9-17/h4-6,12,18H,7-9H2,1-3H3,(H2,16,20). The molecule has 0 radical (unpaired) electrons. The summed E-state index contributed by atoms with van der Waals surface area (Å²) in [5, 5.41) is 9.37. The number of hydrogen-bond acceptors (Lipinski definition) is 4. The lowest BCUT2D eigenvalue weighted by Gasteiger charge is -2.43. The van der Waals surface area contributed by atoms with Crippen LogP contribution in [0.25, 0.3) is 0 Å². The zero-order valence-corrected chi connectivity index (χ0v) is 13.0. The Balaban J connectivity index is 2.26. The summed E-state index contributed by atoms with van der Waals surface area (Å²) in [6.07, 6.45) is -0.158. The number of nitrogens with zero attached hydrogens (tertiary/aromatic N) is 1. The molecule has 0 bridgehead atoms. The molecular weight excluding hydrogens is 272 g/mol. The van der Waals surface area contributed by atoms with Crippen LogP contribution in [-0.4, -0.2) is 41.5 Å². The Morgan fingerprint density at radius 3 is 2.80 bits per heavy atom. The van der Waals surface area contributed by atoms with Gasteiger partial charge in [-0.3, -0.25) is 0 Å². The molecule has 1 atom stereocenters. The predicted octanol–water partition coefficient (Wildman–Crippen LogP) is 1.61. The van der Waals surface area contributed by atoms with E-state index in [0.29, 0.717) is 11.5 Å². The maximum atomic E-state index is 9.37. The lowest BCUT2D eigenvalue weighted by Crippen LogP contribution is -2.54. The van der Waals surface area contributed by atoms with Gasteiger partial charge in [0.05, 0.1) is 18.3 Å². The SMILES string of the molecule is Cc1cc(N2CC(CO)OC(C)(C)C2)ccc1C(N)=S. The largest absolute Gasteiger partial charge is 0.394 e. The molecule has 1 aliphatic heterocycles. The Morgan fingerprint density at radius 2 is 2.25 bits per heavy atom. The zero-order chi connectivity index (χ0) is 14.9. The van der Waals surface area contributed by atoms with Crippen LogP contribution >= 0.6 is 12.2 Å². The Hall–Kier alpha value is -1.17. The monoisotopic (exact) mass is 294 g/mol. The second-order valence-corrected chi connectivity index (χ2v) is 6.37. The Kier molecular flexibility index (Phi) is 4.32. The molecule has 1 fully saturated rings. The molecule has 1 heterocycles. The van der Waals surface area contributed by atoms with E-state index in [0.717, 1.165) is 23.4 Å². The van der Waals surface area contributed by atoms with Crippen molar-refractivity contribution in [3.05, 3.63) is 29.3 Å². The van der Waals surface area contributed by atoms with E-state index in [2.05, 4.69) is 11.0 Å². The first-order chi connectivity index (χ1) is 9.32. The van der Waals surface area contributed by atoms with Crippen molar-refractivity contribution in [2.75, 3.05) is 24.6 Å². The van der Waals surface area contributed by atoms with Crippen LogP contribution in [0.2, 0.25) is 0 Å². The van der Waals surface area contributed by atoms with Gasteiger partial charge in [-0.2, -0.15) is 0 Å². The molecule has 1 aromatic rings. The molecule has 2 rings (SSSR count). The molecule has 4 nitrogen and oxygen atoms in total. The minimum Gasteiger partial charge on any atom is -0.394 e. The molecule has 0 saturated carbocycles. The normalized spacial score (nSPS) is 21.8. The molecule has 5 heteroatoms. The summed E-state index contributed by atoms with van der Waals surface area (Å²) < 4.78 is 5.83. The molecule has 1 aromatic carbocycles. The fraction of sp³-hybridized carbons (Fsp3) is 0.533. The molecule has 3 N–H and O–H groups in total. The van der Waals surface area contributed by atoms with Crippen molar-refractivity contribution in [2.24, 2.45) is 5.73 Å². The van der Waals surface area contributed by atoms with Crippen molar-refractivity contribution < 1.29 is 9.84 Å². The summed E-state index contributed by atoms with van der Waals surface area (Å²) in [5.74, 6) is 0. The van der Waals surface area contributed by atoms with Crippen LogP contribution in [0.3, 0.4) is 0 Å². The van der Waals surface area contributed by atoms with Gasteiger partial charge in [-0.15, -0.1) is 0 Å². The number of benzene rings is 1. The fourth-order valence-electron chi connectivity index (χ4n) is 2.71. The molecule has 0 aromatic heterocycles. The van der Waals surface area contributed by atoms with Gasteiger partial charge < -0.3 is 20.5 Å². The quantitative estimate of drug-likeness (QED) is 0.829. The number of rotatable bonds is 3. The number of ether oxygens (including phenoxy) is 1. The third-order valence-corrected chi connectivity index (χ3v) is 3.75. The van der Waals surface area contributed by atoms with E-state index in [-0.39, 0.29) is 18.3 Å². The van der Waals surface area contributed by atoms with E-state index in [1.807, 2.05) is 32.9 Å². The average Bonchev–Trinajstić information content (AvgIpc) is 2.36. The summed E-state index contributed by atoms with van der Waals surface area (Å²) in [5.41, 5.74) is 8.51. The molecule has 1 saturated heterocycles. The van der Waals surface area contributed by atoms with Crippen LogP contribution in [-0.2, 0) is 4.74 Å². The summed E-state index contributed by atoms with van der Waals surface area (Å²) in [7, 11) is 0. The summed E-state index contributed by atoms with van der Waals surface area (Å²) >= 11 is 5.03. The number of aryl methyl sites for hydroxylation is 1. The predicted molar refractivity (Wildman–Crippen MR) is 85.3 cm³/mol. The number of nitrogens with two attached hydrogens (primary N) is 1. The van der Waals surface area contributed by atoms with Gasteiger partial charge in [-0.1, -0.05) is 12.2 Å². The molecule has 1 unspecified atom stereocenters.